The minimum absolute atomic E-state index is 0.655. The number of hydrogen-bond acceptors (Lipinski definition) is 2. The van der Waals surface area contributed by atoms with Crippen LogP contribution in [0.25, 0.3) is 0 Å². The smallest absolute Gasteiger partial charge is 0.429 e. The number of rotatable bonds is 8. The molecule has 0 aromatic carbocycles. The highest BCUT2D eigenvalue weighted by molar-refractivity contribution is 6.15. The Morgan fingerprint density at radius 2 is 1.73 bits per heavy atom. The van der Waals surface area contributed by atoms with Crippen molar-refractivity contribution in [3.05, 3.63) is 0 Å². The molecule has 0 unspecified atom stereocenters. The lowest BCUT2D eigenvalue weighted by molar-refractivity contribution is 0.274. The van der Waals surface area contributed by atoms with Crippen LogP contribution in [0.1, 0.15) is 45.4 Å². The van der Waals surface area contributed by atoms with Crippen molar-refractivity contribution in [3.63, 3.8) is 0 Å². The van der Waals surface area contributed by atoms with Crippen molar-refractivity contribution in [3.8, 4) is 0 Å². The van der Waals surface area contributed by atoms with Gasteiger partial charge in [-0.3, -0.25) is 0 Å². The summed E-state index contributed by atoms with van der Waals surface area (Å²) in [6, 6.07) is 0. The van der Waals surface area contributed by atoms with Crippen molar-refractivity contribution in [1.82, 2.24) is 0 Å². The lowest BCUT2D eigenvalue weighted by Gasteiger charge is -1.99. The lowest BCUT2D eigenvalue weighted by atomic mass is 10.1. The van der Waals surface area contributed by atoms with Gasteiger partial charge in [0.25, 0.3) is 0 Å². The van der Waals surface area contributed by atoms with Crippen LogP contribution < -0.4 is 0 Å². The summed E-state index contributed by atoms with van der Waals surface area (Å²) in [5.74, 6) is 0. The van der Waals surface area contributed by atoms with Crippen LogP contribution in [0.15, 0.2) is 0 Å². The zero-order valence-electron chi connectivity index (χ0n) is 7.38. The Morgan fingerprint density at radius 3 is 2.36 bits per heavy atom. The van der Waals surface area contributed by atoms with Gasteiger partial charge in [-0.05, 0) is 6.42 Å². The molecule has 0 fully saturated rings. The molecule has 0 saturated heterocycles. The van der Waals surface area contributed by atoms with Crippen LogP contribution in [0.4, 0.5) is 0 Å². The van der Waals surface area contributed by atoms with E-state index in [-0.39, 0.29) is 0 Å². The van der Waals surface area contributed by atoms with E-state index in [1.807, 2.05) is 0 Å². The van der Waals surface area contributed by atoms with Gasteiger partial charge in [-0.25, -0.2) is 0 Å². The average molecular weight is 157 g/mol. The molecular formula is C8H18BO2. The SMILES string of the molecule is CCCCCCCCO[B]O. The maximum atomic E-state index is 8.16. The highest BCUT2D eigenvalue weighted by Gasteiger charge is 1.90. The molecule has 0 rings (SSSR count). The highest BCUT2D eigenvalue weighted by atomic mass is 16.5. The predicted molar refractivity (Wildman–Crippen MR) is 47.3 cm³/mol. The zero-order valence-corrected chi connectivity index (χ0v) is 7.38. The second-order valence-electron chi connectivity index (χ2n) is 2.74. The normalized spacial score (nSPS) is 10.0. The molecule has 65 valence electrons. The van der Waals surface area contributed by atoms with E-state index in [0.717, 1.165) is 14.1 Å². The van der Waals surface area contributed by atoms with Crippen LogP contribution in [-0.2, 0) is 4.65 Å². The van der Waals surface area contributed by atoms with Gasteiger partial charge in [0, 0.05) is 6.61 Å². The first-order valence-electron chi connectivity index (χ1n) is 4.49. The molecule has 1 radical (unpaired) electrons. The molecule has 0 heterocycles. The minimum Gasteiger partial charge on any atom is -0.429 e. The van der Waals surface area contributed by atoms with Crippen molar-refractivity contribution in [2.75, 3.05) is 6.61 Å². The highest BCUT2D eigenvalue weighted by Crippen LogP contribution is 2.04. The molecule has 0 amide bonds. The van der Waals surface area contributed by atoms with Gasteiger partial charge in [-0.1, -0.05) is 39.0 Å². The largest absolute Gasteiger partial charge is 0.485 e. The van der Waals surface area contributed by atoms with Crippen molar-refractivity contribution in [2.24, 2.45) is 0 Å². The Labute approximate surface area is 70.3 Å². The van der Waals surface area contributed by atoms with Gasteiger partial charge in [0.2, 0.25) is 0 Å². The van der Waals surface area contributed by atoms with Gasteiger partial charge in [0.05, 0.1) is 0 Å². The first-order valence-corrected chi connectivity index (χ1v) is 4.49. The fourth-order valence-corrected chi connectivity index (χ4v) is 1.02. The van der Waals surface area contributed by atoms with E-state index in [1.54, 1.807) is 0 Å². The van der Waals surface area contributed by atoms with E-state index in [9.17, 15) is 0 Å². The molecule has 3 heteroatoms. The summed E-state index contributed by atoms with van der Waals surface area (Å²) in [5.41, 5.74) is 0. The van der Waals surface area contributed by atoms with Crippen LogP contribution in [0, 0.1) is 0 Å². The standard InChI is InChI=1S/C8H18BO2/c1-2-3-4-5-6-7-8-11-9-10/h10H,2-8H2,1H3. The molecule has 11 heavy (non-hydrogen) atoms. The van der Waals surface area contributed by atoms with E-state index >= 15 is 0 Å². The second kappa shape index (κ2) is 9.98. The van der Waals surface area contributed by atoms with E-state index in [4.69, 9.17) is 5.02 Å². The fraction of sp³-hybridized carbons (Fsp3) is 1.00. The summed E-state index contributed by atoms with van der Waals surface area (Å²) in [6.45, 7) is 2.87. The summed E-state index contributed by atoms with van der Waals surface area (Å²) < 4.78 is 4.67. The summed E-state index contributed by atoms with van der Waals surface area (Å²) >= 11 is 0. The molecular weight excluding hydrogens is 139 g/mol. The van der Waals surface area contributed by atoms with Gasteiger partial charge in [0.15, 0.2) is 0 Å². The van der Waals surface area contributed by atoms with Gasteiger partial charge < -0.3 is 9.68 Å². The molecule has 0 saturated carbocycles. The first kappa shape index (κ1) is 11.0. The topological polar surface area (TPSA) is 29.5 Å². The quantitative estimate of drug-likeness (QED) is 0.430. The fourth-order valence-electron chi connectivity index (χ4n) is 1.02. The van der Waals surface area contributed by atoms with Crippen LogP contribution in [-0.4, -0.2) is 19.3 Å². The van der Waals surface area contributed by atoms with Crippen LogP contribution in [0.3, 0.4) is 0 Å². The van der Waals surface area contributed by atoms with E-state index in [0.29, 0.717) is 6.61 Å². The molecule has 0 bridgehead atoms. The molecule has 1 N–H and O–H groups in total. The molecule has 0 aliphatic rings. The van der Waals surface area contributed by atoms with Gasteiger partial charge in [-0.15, -0.1) is 0 Å². The zero-order chi connectivity index (χ0) is 8.36. The Balaban J connectivity index is 2.69. The molecule has 2 nitrogen and oxygen atoms in total. The third-order valence-corrected chi connectivity index (χ3v) is 1.69. The Bertz CT molecular complexity index is 61.1. The summed E-state index contributed by atoms with van der Waals surface area (Å²) in [4.78, 5) is 0. The maximum Gasteiger partial charge on any atom is 0.485 e. The van der Waals surface area contributed by atoms with Crippen LogP contribution >= 0.6 is 0 Å². The molecule has 0 aromatic heterocycles. The van der Waals surface area contributed by atoms with Gasteiger partial charge in [0.1, 0.15) is 0 Å². The molecule has 0 aliphatic heterocycles. The minimum atomic E-state index is 0.655. The average Bonchev–Trinajstić information content (AvgIpc) is 2.03. The van der Waals surface area contributed by atoms with Crippen molar-refractivity contribution in [1.29, 1.82) is 0 Å². The predicted octanol–water partition coefficient (Wildman–Crippen LogP) is 1.89. The van der Waals surface area contributed by atoms with Gasteiger partial charge in [-0.2, -0.15) is 0 Å². The van der Waals surface area contributed by atoms with Gasteiger partial charge >= 0.3 is 7.69 Å². The van der Waals surface area contributed by atoms with E-state index in [2.05, 4.69) is 11.6 Å². The summed E-state index contributed by atoms with van der Waals surface area (Å²) in [6.07, 6.45) is 7.53. The third-order valence-electron chi connectivity index (χ3n) is 1.69. The molecule has 0 aliphatic carbocycles. The van der Waals surface area contributed by atoms with Crippen molar-refractivity contribution >= 4 is 7.69 Å². The van der Waals surface area contributed by atoms with Crippen molar-refractivity contribution < 1.29 is 9.68 Å². The molecule has 0 spiro atoms. The van der Waals surface area contributed by atoms with Crippen LogP contribution in [0.2, 0.25) is 0 Å². The number of unbranched alkanes of at least 4 members (excludes halogenated alkanes) is 5. The lowest BCUT2D eigenvalue weighted by Crippen LogP contribution is -1.98. The summed E-state index contributed by atoms with van der Waals surface area (Å²) in [5, 5.41) is 8.16. The van der Waals surface area contributed by atoms with E-state index < -0.39 is 0 Å². The van der Waals surface area contributed by atoms with Crippen LogP contribution in [0.5, 0.6) is 0 Å². The molecule has 0 aromatic rings. The Morgan fingerprint density at radius 1 is 1.09 bits per heavy atom. The monoisotopic (exact) mass is 157 g/mol. The Hall–Kier alpha value is -0.0151. The first-order chi connectivity index (χ1) is 5.41. The summed E-state index contributed by atoms with van der Waals surface area (Å²) in [7, 11) is 0.770. The maximum absolute atomic E-state index is 8.16. The Kier molecular flexibility index (Phi) is 9.97. The number of hydrogen-bond donors (Lipinski definition) is 1. The third kappa shape index (κ3) is 9.98. The van der Waals surface area contributed by atoms with Crippen molar-refractivity contribution in [2.45, 2.75) is 45.4 Å². The van der Waals surface area contributed by atoms with E-state index in [1.165, 1.54) is 32.1 Å². The molecule has 0 atom stereocenters. The second-order valence-corrected chi connectivity index (χ2v) is 2.74.